The molecule has 0 aromatic heterocycles. The van der Waals surface area contributed by atoms with Gasteiger partial charge in [0.15, 0.2) is 0 Å². The van der Waals surface area contributed by atoms with Crippen LogP contribution < -0.4 is 5.32 Å². The molecule has 0 amide bonds. The van der Waals surface area contributed by atoms with E-state index in [9.17, 15) is 4.79 Å². The van der Waals surface area contributed by atoms with Gasteiger partial charge in [0.05, 0.1) is 7.11 Å². The summed E-state index contributed by atoms with van der Waals surface area (Å²) in [6.45, 7) is 0.897. The molecule has 1 aliphatic rings. The first-order valence-electron chi connectivity index (χ1n) is 7.17. The Kier molecular flexibility index (Phi) is 5.40. The molecule has 3 nitrogen and oxygen atoms in total. The fraction of sp³-hybridized carbons (Fsp3) is 0.562. The average molecular weight is 261 g/mol. The number of esters is 1. The number of nitrogens with one attached hydrogen (secondary N) is 1. The summed E-state index contributed by atoms with van der Waals surface area (Å²) in [5.74, 6) is 0.492. The van der Waals surface area contributed by atoms with E-state index < -0.39 is 0 Å². The van der Waals surface area contributed by atoms with Crippen LogP contribution in [0.2, 0.25) is 0 Å². The van der Waals surface area contributed by atoms with Crippen LogP contribution >= 0.6 is 0 Å². The molecule has 0 unspecified atom stereocenters. The standard InChI is InChI=1S/C16H23NO2/c1-19-16(18)15(14-10-6-3-7-11-14)17-12-13-8-4-2-5-9-13/h3,6-7,10-11,13,15,17H,2,4-5,8-9,12H2,1H3/t15-/m0/s1. The third kappa shape index (κ3) is 4.06. The summed E-state index contributed by atoms with van der Waals surface area (Å²) in [7, 11) is 1.45. The number of carbonyl (C=O) groups excluding carboxylic acids is 1. The summed E-state index contributed by atoms with van der Waals surface area (Å²) >= 11 is 0. The molecule has 19 heavy (non-hydrogen) atoms. The molecule has 104 valence electrons. The Balaban J connectivity index is 1.96. The number of carbonyl (C=O) groups is 1. The summed E-state index contributed by atoms with van der Waals surface area (Å²) in [6.07, 6.45) is 6.54. The van der Waals surface area contributed by atoms with E-state index in [4.69, 9.17) is 4.74 Å². The second kappa shape index (κ2) is 7.29. The van der Waals surface area contributed by atoms with Gasteiger partial charge in [-0.3, -0.25) is 0 Å². The Morgan fingerprint density at radius 1 is 1.26 bits per heavy atom. The van der Waals surface area contributed by atoms with Crippen molar-refractivity contribution in [1.29, 1.82) is 0 Å². The van der Waals surface area contributed by atoms with Gasteiger partial charge in [-0.05, 0) is 30.9 Å². The molecule has 0 spiro atoms. The monoisotopic (exact) mass is 261 g/mol. The zero-order chi connectivity index (χ0) is 13.5. The number of hydrogen-bond acceptors (Lipinski definition) is 3. The summed E-state index contributed by atoms with van der Waals surface area (Å²) in [4.78, 5) is 11.9. The second-order valence-electron chi connectivity index (χ2n) is 5.28. The maximum absolute atomic E-state index is 11.9. The van der Waals surface area contributed by atoms with Gasteiger partial charge in [-0.25, -0.2) is 4.79 Å². The minimum absolute atomic E-state index is 0.206. The number of rotatable bonds is 5. The highest BCUT2D eigenvalue weighted by Crippen LogP contribution is 2.24. The number of methoxy groups -OCH3 is 1. The van der Waals surface area contributed by atoms with Gasteiger partial charge in [0, 0.05) is 0 Å². The number of hydrogen-bond donors (Lipinski definition) is 1. The lowest BCUT2D eigenvalue weighted by Crippen LogP contribution is -2.34. The van der Waals surface area contributed by atoms with Crippen LogP contribution in [0.5, 0.6) is 0 Å². The Morgan fingerprint density at radius 3 is 2.58 bits per heavy atom. The van der Waals surface area contributed by atoms with E-state index in [2.05, 4.69) is 5.32 Å². The Labute approximate surface area is 115 Å². The van der Waals surface area contributed by atoms with Crippen LogP contribution in [0.4, 0.5) is 0 Å². The normalized spacial score (nSPS) is 17.9. The van der Waals surface area contributed by atoms with Gasteiger partial charge in [0.1, 0.15) is 6.04 Å². The zero-order valence-electron chi connectivity index (χ0n) is 11.6. The molecule has 0 aliphatic heterocycles. The van der Waals surface area contributed by atoms with Crippen molar-refractivity contribution >= 4 is 5.97 Å². The van der Waals surface area contributed by atoms with Crippen LogP contribution in [-0.4, -0.2) is 19.6 Å². The molecule has 0 heterocycles. The molecule has 2 rings (SSSR count). The van der Waals surface area contributed by atoms with Crippen LogP contribution in [-0.2, 0) is 9.53 Å². The van der Waals surface area contributed by atoms with Crippen LogP contribution in [0, 0.1) is 5.92 Å². The van der Waals surface area contributed by atoms with Gasteiger partial charge in [-0.2, -0.15) is 0 Å². The molecule has 3 heteroatoms. The number of benzene rings is 1. The van der Waals surface area contributed by atoms with E-state index >= 15 is 0 Å². The van der Waals surface area contributed by atoms with Crippen molar-refractivity contribution in [3.63, 3.8) is 0 Å². The van der Waals surface area contributed by atoms with Crippen LogP contribution in [0.3, 0.4) is 0 Å². The first kappa shape index (κ1) is 14.1. The topological polar surface area (TPSA) is 38.3 Å². The maximum atomic E-state index is 11.9. The van der Waals surface area contributed by atoms with E-state index in [-0.39, 0.29) is 12.0 Å². The molecule has 1 fully saturated rings. The molecular weight excluding hydrogens is 238 g/mol. The zero-order valence-corrected chi connectivity index (χ0v) is 11.6. The van der Waals surface area contributed by atoms with Gasteiger partial charge in [0.2, 0.25) is 0 Å². The van der Waals surface area contributed by atoms with Gasteiger partial charge < -0.3 is 10.1 Å². The maximum Gasteiger partial charge on any atom is 0.327 e. The lowest BCUT2D eigenvalue weighted by molar-refractivity contribution is -0.143. The third-order valence-electron chi connectivity index (χ3n) is 3.91. The largest absolute Gasteiger partial charge is 0.468 e. The first-order chi connectivity index (χ1) is 9.31. The summed E-state index contributed by atoms with van der Waals surface area (Å²) in [6, 6.07) is 9.46. The molecule has 1 aliphatic carbocycles. The second-order valence-corrected chi connectivity index (χ2v) is 5.28. The van der Waals surface area contributed by atoms with Crippen LogP contribution in [0.25, 0.3) is 0 Å². The molecule has 0 radical (unpaired) electrons. The summed E-state index contributed by atoms with van der Waals surface area (Å²) in [5.41, 5.74) is 0.977. The predicted molar refractivity (Wildman–Crippen MR) is 75.8 cm³/mol. The molecule has 1 atom stereocenters. The predicted octanol–water partition coefficient (Wildman–Crippen LogP) is 3.07. The van der Waals surface area contributed by atoms with Crippen molar-refractivity contribution in [2.24, 2.45) is 5.92 Å². The Morgan fingerprint density at radius 2 is 1.95 bits per heavy atom. The fourth-order valence-electron chi connectivity index (χ4n) is 2.78. The highest BCUT2D eigenvalue weighted by molar-refractivity contribution is 5.77. The SMILES string of the molecule is COC(=O)[C@@H](NCC1CCCCC1)c1ccccc1. The smallest absolute Gasteiger partial charge is 0.327 e. The fourth-order valence-corrected chi connectivity index (χ4v) is 2.78. The average Bonchev–Trinajstić information content (AvgIpc) is 2.49. The molecular formula is C16H23NO2. The van der Waals surface area contributed by atoms with E-state index in [1.165, 1.54) is 39.2 Å². The van der Waals surface area contributed by atoms with E-state index in [0.29, 0.717) is 5.92 Å². The van der Waals surface area contributed by atoms with Crippen LogP contribution in [0.1, 0.15) is 43.7 Å². The quantitative estimate of drug-likeness (QED) is 0.828. The third-order valence-corrected chi connectivity index (χ3v) is 3.91. The van der Waals surface area contributed by atoms with Crippen molar-refractivity contribution in [3.05, 3.63) is 35.9 Å². The lowest BCUT2D eigenvalue weighted by atomic mass is 9.89. The minimum Gasteiger partial charge on any atom is -0.468 e. The molecule has 1 aromatic rings. The Hall–Kier alpha value is -1.35. The van der Waals surface area contributed by atoms with Gasteiger partial charge in [0.25, 0.3) is 0 Å². The van der Waals surface area contributed by atoms with Crippen molar-refractivity contribution in [3.8, 4) is 0 Å². The molecule has 1 N–H and O–H groups in total. The van der Waals surface area contributed by atoms with E-state index in [0.717, 1.165) is 12.1 Å². The molecule has 0 bridgehead atoms. The van der Waals surface area contributed by atoms with E-state index in [1.54, 1.807) is 0 Å². The van der Waals surface area contributed by atoms with Crippen molar-refractivity contribution in [1.82, 2.24) is 5.32 Å². The number of ether oxygens (including phenoxy) is 1. The highest BCUT2D eigenvalue weighted by Gasteiger charge is 2.22. The molecule has 0 saturated heterocycles. The molecule has 1 aromatic carbocycles. The Bertz CT molecular complexity index is 385. The van der Waals surface area contributed by atoms with Crippen LogP contribution in [0.15, 0.2) is 30.3 Å². The van der Waals surface area contributed by atoms with E-state index in [1.807, 2.05) is 30.3 Å². The summed E-state index contributed by atoms with van der Waals surface area (Å²) < 4.78 is 4.91. The first-order valence-corrected chi connectivity index (χ1v) is 7.17. The minimum atomic E-state index is -0.340. The highest BCUT2D eigenvalue weighted by atomic mass is 16.5. The van der Waals surface area contributed by atoms with Crippen molar-refractivity contribution < 1.29 is 9.53 Å². The lowest BCUT2D eigenvalue weighted by Gasteiger charge is -2.24. The van der Waals surface area contributed by atoms with Crippen molar-refractivity contribution in [2.45, 2.75) is 38.1 Å². The van der Waals surface area contributed by atoms with Gasteiger partial charge in [-0.1, -0.05) is 49.6 Å². The van der Waals surface area contributed by atoms with Crippen molar-refractivity contribution in [2.75, 3.05) is 13.7 Å². The summed E-state index contributed by atoms with van der Waals surface area (Å²) in [5, 5.41) is 3.38. The molecule has 1 saturated carbocycles. The van der Waals surface area contributed by atoms with Gasteiger partial charge in [-0.15, -0.1) is 0 Å². The van der Waals surface area contributed by atoms with Gasteiger partial charge >= 0.3 is 5.97 Å².